The number of hydrogen-bond donors (Lipinski definition) is 2. The van der Waals surface area contributed by atoms with Gasteiger partial charge in [0.05, 0.1) is 0 Å². The van der Waals surface area contributed by atoms with Crippen LogP contribution in [0.4, 0.5) is 4.39 Å². The largest absolute Gasteiger partial charge is 0.355 e. The Balaban J connectivity index is 2.14. The number of nitrogens with one attached hydrogen (secondary N) is 2. The predicted octanol–water partition coefficient (Wildman–Crippen LogP) is 2.03. The van der Waals surface area contributed by atoms with E-state index in [2.05, 4.69) is 10.6 Å². The number of halogens is 1. The van der Waals surface area contributed by atoms with E-state index in [0.29, 0.717) is 23.6 Å². The van der Waals surface area contributed by atoms with Crippen molar-refractivity contribution >= 4 is 17.7 Å². The van der Waals surface area contributed by atoms with Crippen molar-refractivity contribution < 1.29 is 9.18 Å². The van der Waals surface area contributed by atoms with Crippen LogP contribution in [0.5, 0.6) is 0 Å². The molecule has 0 aromatic heterocycles. The normalized spacial score (nSPS) is 10.3. The zero-order chi connectivity index (χ0) is 13.2. The molecule has 1 aromatic rings. The lowest BCUT2D eigenvalue weighted by molar-refractivity contribution is -0.120. The van der Waals surface area contributed by atoms with E-state index in [-0.39, 0.29) is 11.7 Å². The molecule has 0 aliphatic heterocycles. The van der Waals surface area contributed by atoms with Gasteiger partial charge in [0, 0.05) is 30.2 Å². The molecule has 1 rings (SSSR count). The highest BCUT2D eigenvalue weighted by molar-refractivity contribution is 7.99. The Morgan fingerprint density at radius 2 is 2.11 bits per heavy atom. The zero-order valence-corrected chi connectivity index (χ0v) is 11.4. The van der Waals surface area contributed by atoms with E-state index in [0.717, 1.165) is 13.1 Å². The third-order valence-corrected chi connectivity index (χ3v) is 3.35. The standard InChI is InChI=1S/C13H19FN2OS/c1-2-15-8-9-16-13(17)7-10-18-12-6-4-3-5-11(12)14/h3-6,15H,2,7-10H2,1H3,(H,16,17). The highest BCUT2D eigenvalue weighted by Crippen LogP contribution is 2.21. The molecule has 0 saturated heterocycles. The maximum Gasteiger partial charge on any atom is 0.220 e. The number of amides is 1. The van der Waals surface area contributed by atoms with Crippen LogP contribution in [0.3, 0.4) is 0 Å². The van der Waals surface area contributed by atoms with E-state index in [1.807, 2.05) is 6.92 Å². The number of thioether (sulfide) groups is 1. The zero-order valence-electron chi connectivity index (χ0n) is 10.5. The van der Waals surface area contributed by atoms with Crippen molar-refractivity contribution in [3.05, 3.63) is 30.1 Å². The quantitative estimate of drug-likeness (QED) is 0.561. The van der Waals surface area contributed by atoms with Crippen molar-refractivity contribution in [2.75, 3.05) is 25.4 Å². The van der Waals surface area contributed by atoms with Crippen molar-refractivity contribution in [1.29, 1.82) is 0 Å². The number of carbonyl (C=O) groups is 1. The molecular weight excluding hydrogens is 251 g/mol. The molecule has 18 heavy (non-hydrogen) atoms. The highest BCUT2D eigenvalue weighted by atomic mass is 32.2. The smallest absolute Gasteiger partial charge is 0.220 e. The topological polar surface area (TPSA) is 41.1 Å². The summed E-state index contributed by atoms with van der Waals surface area (Å²) in [5, 5.41) is 5.93. The first-order valence-electron chi connectivity index (χ1n) is 6.08. The third kappa shape index (κ3) is 6.02. The van der Waals surface area contributed by atoms with Crippen LogP contribution in [0.2, 0.25) is 0 Å². The lowest BCUT2D eigenvalue weighted by Crippen LogP contribution is -2.31. The lowest BCUT2D eigenvalue weighted by Gasteiger charge is -2.05. The van der Waals surface area contributed by atoms with Crippen LogP contribution >= 0.6 is 11.8 Å². The maximum atomic E-state index is 13.3. The van der Waals surface area contributed by atoms with Crippen molar-refractivity contribution in [2.45, 2.75) is 18.2 Å². The fourth-order valence-corrected chi connectivity index (χ4v) is 2.26. The van der Waals surface area contributed by atoms with Gasteiger partial charge in [0.2, 0.25) is 5.91 Å². The molecule has 0 saturated carbocycles. The first-order chi connectivity index (χ1) is 8.74. The van der Waals surface area contributed by atoms with Gasteiger partial charge in [0.15, 0.2) is 0 Å². The van der Waals surface area contributed by atoms with E-state index in [9.17, 15) is 9.18 Å². The van der Waals surface area contributed by atoms with Crippen molar-refractivity contribution in [2.24, 2.45) is 0 Å². The van der Waals surface area contributed by atoms with Crippen molar-refractivity contribution in [3.8, 4) is 0 Å². The Morgan fingerprint density at radius 3 is 2.83 bits per heavy atom. The molecule has 0 spiro atoms. The summed E-state index contributed by atoms with van der Waals surface area (Å²) in [5.41, 5.74) is 0. The van der Waals surface area contributed by atoms with Gasteiger partial charge < -0.3 is 10.6 Å². The van der Waals surface area contributed by atoms with E-state index >= 15 is 0 Å². The van der Waals surface area contributed by atoms with Crippen LogP contribution in [-0.4, -0.2) is 31.3 Å². The lowest BCUT2D eigenvalue weighted by atomic mass is 10.3. The fourth-order valence-electron chi connectivity index (χ4n) is 1.37. The molecule has 2 N–H and O–H groups in total. The number of hydrogen-bond acceptors (Lipinski definition) is 3. The second-order valence-corrected chi connectivity index (χ2v) is 4.87. The van der Waals surface area contributed by atoms with Crippen molar-refractivity contribution in [3.63, 3.8) is 0 Å². The summed E-state index contributed by atoms with van der Waals surface area (Å²) < 4.78 is 13.3. The van der Waals surface area contributed by atoms with Gasteiger partial charge in [-0.25, -0.2) is 4.39 Å². The Hall–Kier alpha value is -1.07. The summed E-state index contributed by atoms with van der Waals surface area (Å²) in [4.78, 5) is 12.0. The molecule has 5 heteroatoms. The summed E-state index contributed by atoms with van der Waals surface area (Å²) in [6, 6.07) is 6.61. The molecule has 0 atom stereocenters. The van der Waals surface area contributed by atoms with E-state index in [1.165, 1.54) is 17.8 Å². The number of benzene rings is 1. The molecule has 0 heterocycles. The Bertz CT molecular complexity index is 374. The molecule has 1 aromatic carbocycles. The number of rotatable bonds is 8. The van der Waals surface area contributed by atoms with Gasteiger partial charge in [-0.05, 0) is 18.7 Å². The van der Waals surface area contributed by atoms with E-state index < -0.39 is 0 Å². The Kier molecular flexibility index (Phi) is 7.44. The molecule has 0 bridgehead atoms. The summed E-state index contributed by atoms with van der Waals surface area (Å²) in [5.74, 6) is 0.375. The minimum atomic E-state index is -0.227. The predicted molar refractivity (Wildman–Crippen MR) is 73.3 cm³/mol. The van der Waals surface area contributed by atoms with Gasteiger partial charge in [0.25, 0.3) is 0 Å². The summed E-state index contributed by atoms with van der Waals surface area (Å²) in [7, 11) is 0. The first kappa shape index (κ1) is 15.0. The average molecular weight is 270 g/mol. The van der Waals surface area contributed by atoms with Gasteiger partial charge in [-0.2, -0.15) is 0 Å². The Morgan fingerprint density at radius 1 is 1.33 bits per heavy atom. The highest BCUT2D eigenvalue weighted by Gasteiger charge is 2.04. The average Bonchev–Trinajstić information content (AvgIpc) is 2.37. The molecule has 0 radical (unpaired) electrons. The Labute approximate surface area is 112 Å². The molecule has 0 aliphatic carbocycles. The maximum absolute atomic E-state index is 13.3. The van der Waals surface area contributed by atoms with Crippen LogP contribution in [0, 0.1) is 5.82 Å². The summed E-state index contributed by atoms with van der Waals surface area (Å²) in [6.45, 7) is 4.34. The third-order valence-electron chi connectivity index (χ3n) is 2.30. The minimum absolute atomic E-state index is 0.0109. The SMILES string of the molecule is CCNCCNC(=O)CCSc1ccccc1F. The number of likely N-dealkylation sites (N-methyl/N-ethyl adjacent to an activating group) is 1. The van der Waals surface area contributed by atoms with Crippen LogP contribution in [-0.2, 0) is 4.79 Å². The first-order valence-corrected chi connectivity index (χ1v) is 7.07. The van der Waals surface area contributed by atoms with E-state index in [1.54, 1.807) is 18.2 Å². The molecule has 100 valence electrons. The van der Waals surface area contributed by atoms with Crippen LogP contribution in [0.1, 0.15) is 13.3 Å². The molecule has 3 nitrogen and oxygen atoms in total. The van der Waals surface area contributed by atoms with Crippen LogP contribution in [0.15, 0.2) is 29.2 Å². The summed E-state index contributed by atoms with van der Waals surface area (Å²) in [6.07, 6.45) is 0.408. The molecular formula is C13H19FN2OS. The minimum Gasteiger partial charge on any atom is -0.355 e. The number of carbonyl (C=O) groups excluding carboxylic acids is 1. The van der Waals surface area contributed by atoms with Gasteiger partial charge >= 0.3 is 0 Å². The summed E-state index contributed by atoms with van der Waals surface area (Å²) >= 11 is 1.37. The van der Waals surface area contributed by atoms with Gasteiger partial charge in [-0.15, -0.1) is 11.8 Å². The van der Waals surface area contributed by atoms with Gasteiger partial charge in [-0.1, -0.05) is 19.1 Å². The fraction of sp³-hybridized carbons (Fsp3) is 0.462. The van der Waals surface area contributed by atoms with Gasteiger partial charge in [-0.3, -0.25) is 4.79 Å². The monoisotopic (exact) mass is 270 g/mol. The second kappa shape index (κ2) is 8.94. The second-order valence-electron chi connectivity index (χ2n) is 3.73. The molecule has 0 aliphatic rings. The molecule has 0 unspecified atom stereocenters. The van der Waals surface area contributed by atoms with Crippen LogP contribution < -0.4 is 10.6 Å². The van der Waals surface area contributed by atoms with Crippen LogP contribution in [0.25, 0.3) is 0 Å². The molecule has 1 amide bonds. The van der Waals surface area contributed by atoms with Crippen molar-refractivity contribution in [1.82, 2.24) is 10.6 Å². The molecule has 0 fully saturated rings. The van der Waals surface area contributed by atoms with E-state index in [4.69, 9.17) is 0 Å². The van der Waals surface area contributed by atoms with Gasteiger partial charge in [0.1, 0.15) is 5.82 Å².